The van der Waals surface area contributed by atoms with E-state index in [1.807, 2.05) is 78.7 Å². The first-order valence-electron chi connectivity index (χ1n) is 13.6. The molecule has 0 spiro atoms. The van der Waals surface area contributed by atoms with E-state index in [0.29, 0.717) is 13.2 Å². The van der Waals surface area contributed by atoms with Gasteiger partial charge in [-0.25, -0.2) is 0 Å². The number of rotatable bonds is 11. The molecule has 0 bridgehead atoms. The molecule has 1 aliphatic heterocycles. The van der Waals surface area contributed by atoms with Gasteiger partial charge < -0.3 is 13.9 Å². The number of ether oxygens (including phenoxy) is 2. The minimum atomic E-state index is -2.86. The van der Waals surface area contributed by atoms with Gasteiger partial charge in [0, 0.05) is 18.1 Å². The lowest BCUT2D eigenvalue weighted by Gasteiger charge is -2.44. The van der Waals surface area contributed by atoms with Crippen LogP contribution in [0.15, 0.2) is 96.1 Å². The number of azide groups is 1. The number of esters is 1. The zero-order valence-electron chi connectivity index (χ0n) is 23.6. The van der Waals surface area contributed by atoms with Crippen molar-refractivity contribution in [3.05, 3.63) is 107 Å². The summed E-state index contributed by atoms with van der Waals surface area (Å²) in [6.07, 6.45) is -0.642. The molecule has 1 aliphatic rings. The monoisotopic (exact) mass is 558 g/mol. The smallest absolute Gasteiger partial charge is 0.326 e. The van der Waals surface area contributed by atoms with E-state index in [2.05, 4.69) is 55.1 Å². The number of cyclic esters (lactones) is 1. The van der Waals surface area contributed by atoms with Gasteiger partial charge in [0.2, 0.25) is 0 Å². The molecule has 3 atom stereocenters. The van der Waals surface area contributed by atoms with Crippen molar-refractivity contribution < 1.29 is 18.7 Å². The topological polar surface area (TPSA) is 96.8 Å². The standard InChI is InChI=1S/C31H38N4O4Si/c1-31(2,3)40(25-16-10-6-11-17-25,26-18-12-7-13-19-26)38-22-27(33-34-32)29-20-35(4)28(30(36)39-29)23-37-21-24-14-8-5-9-15-24/h5-19,27-29H,20-23H2,1-4H3/t27-,28+,29?/m0/s1. The number of nitrogens with zero attached hydrogens (tertiary/aromatic N) is 4. The maximum absolute atomic E-state index is 13.1. The second-order valence-electron chi connectivity index (χ2n) is 11.2. The molecule has 8 nitrogen and oxygen atoms in total. The van der Waals surface area contributed by atoms with Crippen LogP contribution in [0, 0.1) is 0 Å². The van der Waals surface area contributed by atoms with E-state index < -0.39 is 32.5 Å². The van der Waals surface area contributed by atoms with Gasteiger partial charge in [0.25, 0.3) is 8.32 Å². The average molecular weight is 559 g/mol. The Hall–Kier alpha value is -3.46. The van der Waals surface area contributed by atoms with Crippen LogP contribution in [0.2, 0.25) is 5.04 Å². The summed E-state index contributed by atoms with van der Waals surface area (Å²) < 4.78 is 18.7. The first-order chi connectivity index (χ1) is 19.3. The van der Waals surface area contributed by atoms with Gasteiger partial charge in [0.1, 0.15) is 12.1 Å². The normalized spacial score (nSPS) is 18.9. The van der Waals surface area contributed by atoms with Crippen LogP contribution >= 0.6 is 0 Å². The van der Waals surface area contributed by atoms with E-state index in [1.165, 1.54) is 0 Å². The summed E-state index contributed by atoms with van der Waals surface area (Å²) in [5.41, 5.74) is 10.5. The van der Waals surface area contributed by atoms with Gasteiger partial charge >= 0.3 is 5.97 Å². The molecule has 1 saturated heterocycles. The van der Waals surface area contributed by atoms with Crippen molar-refractivity contribution in [3.8, 4) is 0 Å². The lowest BCUT2D eigenvalue weighted by atomic mass is 10.1. The maximum atomic E-state index is 13.1. The third-order valence-corrected chi connectivity index (χ3v) is 12.4. The van der Waals surface area contributed by atoms with Crippen LogP contribution in [0.25, 0.3) is 10.4 Å². The van der Waals surface area contributed by atoms with Crippen LogP contribution in [0.4, 0.5) is 0 Å². The van der Waals surface area contributed by atoms with Gasteiger partial charge in [-0.05, 0) is 33.6 Å². The fourth-order valence-corrected chi connectivity index (χ4v) is 9.94. The molecule has 0 saturated carbocycles. The number of benzene rings is 3. The fraction of sp³-hybridized carbons (Fsp3) is 0.387. The zero-order valence-corrected chi connectivity index (χ0v) is 24.6. The predicted molar refractivity (Wildman–Crippen MR) is 159 cm³/mol. The Morgan fingerprint density at radius 3 is 2.05 bits per heavy atom. The molecule has 1 heterocycles. The third kappa shape index (κ3) is 6.63. The fourth-order valence-electron chi connectivity index (χ4n) is 5.37. The first kappa shape index (κ1) is 29.5. The van der Waals surface area contributed by atoms with E-state index >= 15 is 0 Å². The maximum Gasteiger partial charge on any atom is 0.326 e. The van der Waals surface area contributed by atoms with E-state index in [-0.39, 0.29) is 18.3 Å². The van der Waals surface area contributed by atoms with E-state index in [4.69, 9.17) is 13.9 Å². The molecule has 1 fully saturated rings. The highest BCUT2D eigenvalue weighted by Crippen LogP contribution is 2.37. The van der Waals surface area contributed by atoms with Gasteiger partial charge in [-0.2, -0.15) is 0 Å². The highest BCUT2D eigenvalue weighted by molar-refractivity contribution is 6.99. The number of hydrogen-bond donors (Lipinski definition) is 0. The lowest BCUT2D eigenvalue weighted by molar-refractivity contribution is -0.170. The number of hydrogen-bond acceptors (Lipinski definition) is 6. The number of carbonyl (C=O) groups excluding carboxylic acids is 1. The van der Waals surface area contributed by atoms with E-state index in [0.717, 1.165) is 15.9 Å². The molecule has 0 aliphatic carbocycles. The van der Waals surface area contributed by atoms with Crippen molar-refractivity contribution in [2.45, 2.75) is 50.6 Å². The summed E-state index contributed by atoms with van der Waals surface area (Å²) in [6, 6.07) is 29.1. The Kier molecular flexibility index (Phi) is 9.79. The molecular formula is C31H38N4O4Si. The van der Waals surface area contributed by atoms with Crippen molar-refractivity contribution in [1.29, 1.82) is 0 Å². The van der Waals surface area contributed by atoms with Crippen LogP contribution in [0.5, 0.6) is 0 Å². The SMILES string of the molecule is CN1CC([C@H](CO[Si](c2ccccc2)(c2ccccc2)C(C)(C)C)N=[N+]=[N-])OC(=O)[C@H]1COCc1ccccc1. The van der Waals surface area contributed by atoms with Crippen molar-refractivity contribution in [2.75, 3.05) is 26.8 Å². The molecule has 1 unspecified atom stereocenters. The van der Waals surface area contributed by atoms with Gasteiger partial charge in [-0.15, -0.1) is 0 Å². The highest BCUT2D eigenvalue weighted by atomic mass is 28.4. The molecule has 3 aromatic carbocycles. The highest BCUT2D eigenvalue weighted by Gasteiger charge is 2.51. The number of likely N-dealkylation sites (N-methyl/N-ethyl adjacent to an activating group) is 1. The number of morpholine rings is 1. The molecular weight excluding hydrogens is 520 g/mol. The Bertz CT molecular complexity index is 1240. The summed E-state index contributed by atoms with van der Waals surface area (Å²) in [5.74, 6) is -0.393. The van der Waals surface area contributed by atoms with E-state index in [9.17, 15) is 10.3 Å². The van der Waals surface area contributed by atoms with Crippen LogP contribution < -0.4 is 10.4 Å². The van der Waals surface area contributed by atoms with Crippen LogP contribution in [-0.4, -0.2) is 64.2 Å². The van der Waals surface area contributed by atoms with Crippen LogP contribution in [-0.2, 0) is 25.3 Å². The van der Waals surface area contributed by atoms with Gasteiger partial charge in [0.05, 0.1) is 19.3 Å². The molecule has 4 rings (SSSR count). The molecule has 0 aromatic heterocycles. The first-order valence-corrected chi connectivity index (χ1v) is 15.5. The van der Waals surface area contributed by atoms with E-state index in [1.54, 1.807) is 0 Å². The second-order valence-corrected chi connectivity index (χ2v) is 15.5. The molecule has 0 radical (unpaired) electrons. The average Bonchev–Trinajstić information content (AvgIpc) is 2.95. The summed E-state index contributed by atoms with van der Waals surface area (Å²) in [6.45, 7) is 7.72. The molecule has 0 amide bonds. The Morgan fingerprint density at radius 1 is 1.00 bits per heavy atom. The van der Waals surface area contributed by atoms with Crippen LogP contribution in [0.1, 0.15) is 26.3 Å². The summed E-state index contributed by atoms with van der Waals surface area (Å²) >= 11 is 0. The van der Waals surface area contributed by atoms with Crippen molar-refractivity contribution >= 4 is 24.7 Å². The van der Waals surface area contributed by atoms with Crippen LogP contribution in [0.3, 0.4) is 0 Å². The van der Waals surface area contributed by atoms with Gasteiger partial charge in [-0.1, -0.05) is 117 Å². The van der Waals surface area contributed by atoms with Gasteiger partial charge in [0.15, 0.2) is 0 Å². The summed E-state index contributed by atoms with van der Waals surface area (Å²) in [5, 5.41) is 6.07. The Morgan fingerprint density at radius 2 is 1.55 bits per heavy atom. The number of carbonyl (C=O) groups is 1. The Labute approximate surface area is 237 Å². The zero-order chi connectivity index (χ0) is 28.6. The second kappa shape index (κ2) is 13.3. The van der Waals surface area contributed by atoms with Crippen molar-refractivity contribution in [1.82, 2.24) is 4.90 Å². The molecule has 9 heteroatoms. The molecule has 210 valence electrons. The molecule has 40 heavy (non-hydrogen) atoms. The quantitative estimate of drug-likeness (QED) is 0.112. The minimum absolute atomic E-state index is 0.123. The van der Waals surface area contributed by atoms with Crippen molar-refractivity contribution in [2.24, 2.45) is 5.11 Å². The van der Waals surface area contributed by atoms with Crippen molar-refractivity contribution in [3.63, 3.8) is 0 Å². The third-order valence-electron chi connectivity index (χ3n) is 7.44. The molecule has 3 aromatic rings. The largest absolute Gasteiger partial charge is 0.459 e. The summed E-state index contributed by atoms with van der Waals surface area (Å²) in [4.78, 5) is 18.1. The minimum Gasteiger partial charge on any atom is -0.459 e. The predicted octanol–water partition coefficient (Wildman–Crippen LogP) is 4.68. The lowest BCUT2D eigenvalue weighted by Crippen LogP contribution is -2.67. The Balaban J connectivity index is 1.52. The van der Waals surface area contributed by atoms with Gasteiger partial charge in [-0.3, -0.25) is 9.69 Å². The molecule has 0 N–H and O–H groups in total. The summed E-state index contributed by atoms with van der Waals surface area (Å²) in [7, 11) is -0.998.